The van der Waals surface area contributed by atoms with Gasteiger partial charge in [0, 0.05) is 38.4 Å². The van der Waals surface area contributed by atoms with Gasteiger partial charge in [0.25, 0.3) is 5.91 Å². The SMILES string of the molecule is Cn1cc(N2CC[C@@]3(CCN(C(=O)c4ccc(F)cc4)C3)C2=O)cn1. The number of hydrogen-bond donors (Lipinski definition) is 0. The molecule has 6 nitrogen and oxygen atoms in total. The third kappa shape index (κ3) is 2.59. The molecular formula is C18H19FN4O2. The molecule has 0 N–H and O–H groups in total. The first kappa shape index (κ1) is 15.8. The molecule has 1 spiro atoms. The predicted molar refractivity (Wildman–Crippen MR) is 89.5 cm³/mol. The van der Waals surface area contributed by atoms with Crippen molar-refractivity contribution in [3.63, 3.8) is 0 Å². The van der Waals surface area contributed by atoms with Crippen molar-refractivity contribution in [2.24, 2.45) is 12.5 Å². The summed E-state index contributed by atoms with van der Waals surface area (Å²) in [5.74, 6) is -0.452. The summed E-state index contributed by atoms with van der Waals surface area (Å²) in [6.45, 7) is 1.60. The largest absolute Gasteiger partial charge is 0.338 e. The summed E-state index contributed by atoms with van der Waals surface area (Å²) in [4.78, 5) is 29.1. The first-order chi connectivity index (χ1) is 12.0. The molecule has 2 amide bonds. The van der Waals surface area contributed by atoms with E-state index in [0.29, 0.717) is 31.6 Å². The topological polar surface area (TPSA) is 58.4 Å². The van der Waals surface area contributed by atoms with Crippen LogP contribution in [0.1, 0.15) is 23.2 Å². The van der Waals surface area contributed by atoms with Crippen LogP contribution in [0.2, 0.25) is 0 Å². The molecule has 2 fully saturated rings. The smallest absolute Gasteiger partial charge is 0.253 e. The monoisotopic (exact) mass is 342 g/mol. The zero-order valence-corrected chi connectivity index (χ0v) is 14.0. The minimum absolute atomic E-state index is 0.0647. The molecule has 2 saturated heterocycles. The van der Waals surface area contributed by atoms with Gasteiger partial charge in [-0.2, -0.15) is 5.10 Å². The third-order valence-corrected chi connectivity index (χ3v) is 5.25. The van der Waals surface area contributed by atoms with Crippen LogP contribution in [0.3, 0.4) is 0 Å². The molecule has 2 aliphatic rings. The van der Waals surface area contributed by atoms with Crippen LogP contribution in [0.5, 0.6) is 0 Å². The van der Waals surface area contributed by atoms with Crippen molar-refractivity contribution in [1.29, 1.82) is 0 Å². The Kier molecular flexibility index (Phi) is 3.59. The van der Waals surface area contributed by atoms with Crippen molar-refractivity contribution in [2.75, 3.05) is 24.5 Å². The Bertz CT molecular complexity index is 832. The molecule has 3 heterocycles. The van der Waals surface area contributed by atoms with Crippen LogP contribution in [-0.4, -0.2) is 46.1 Å². The van der Waals surface area contributed by atoms with E-state index in [1.54, 1.807) is 20.7 Å². The summed E-state index contributed by atoms with van der Waals surface area (Å²) >= 11 is 0. The van der Waals surface area contributed by atoms with Crippen LogP contribution in [0.25, 0.3) is 0 Å². The fourth-order valence-electron chi connectivity index (χ4n) is 3.81. The molecular weight excluding hydrogens is 323 g/mol. The number of amides is 2. The van der Waals surface area contributed by atoms with Gasteiger partial charge in [-0.15, -0.1) is 0 Å². The van der Waals surface area contributed by atoms with Crippen LogP contribution < -0.4 is 4.90 Å². The fourth-order valence-corrected chi connectivity index (χ4v) is 3.81. The molecule has 130 valence electrons. The molecule has 1 aromatic heterocycles. The van der Waals surface area contributed by atoms with Crippen molar-refractivity contribution >= 4 is 17.5 Å². The second-order valence-corrected chi connectivity index (χ2v) is 6.84. The first-order valence-electron chi connectivity index (χ1n) is 8.34. The van der Waals surface area contributed by atoms with E-state index in [2.05, 4.69) is 5.10 Å². The Morgan fingerprint density at radius 3 is 2.60 bits per heavy atom. The normalized spacial score (nSPS) is 23.0. The van der Waals surface area contributed by atoms with E-state index in [1.165, 1.54) is 24.3 Å². The van der Waals surface area contributed by atoms with Gasteiger partial charge >= 0.3 is 0 Å². The maximum atomic E-state index is 13.0. The van der Waals surface area contributed by atoms with E-state index in [0.717, 1.165) is 12.1 Å². The van der Waals surface area contributed by atoms with Gasteiger partial charge < -0.3 is 9.80 Å². The van der Waals surface area contributed by atoms with E-state index in [9.17, 15) is 14.0 Å². The highest BCUT2D eigenvalue weighted by atomic mass is 19.1. The standard InChI is InChI=1S/C18H19FN4O2/c1-21-11-15(10-20-21)23-9-7-18(17(23)25)6-8-22(12-18)16(24)13-2-4-14(19)5-3-13/h2-5,10-11H,6-9,12H2,1H3/t18-/m1/s1. The molecule has 0 saturated carbocycles. The highest BCUT2D eigenvalue weighted by Crippen LogP contribution is 2.42. The molecule has 7 heteroatoms. The number of carbonyl (C=O) groups excluding carboxylic acids is 2. The highest BCUT2D eigenvalue weighted by molar-refractivity contribution is 6.01. The lowest BCUT2D eigenvalue weighted by molar-refractivity contribution is -0.124. The molecule has 1 aromatic carbocycles. The molecule has 0 unspecified atom stereocenters. The molecule has 1 atom stereocenters. The van der Waals surface area contributed by atoms with Crippen molar-refractivity contribution in [1.82, 2.24) is 14.7 Å². The molecule has 0 radical (unpaired) electrons. The molecule has 2 aromatic rings. The predicted octanol–water partition coefficient (Wildman–Crippen LogP) is 1.83. The quantitative estimate of drug-likeness (QED) is 0.837. The van der Waals surface area contributed by atoms with Gasteiger partial charge in [-0.05, 0) is 37.1 Å². The second kappa shape index (κ2) is 5.68. The first-order valence-corrected chi connectivity index (χ1v) is 8.34. The lowest BCUT2D eigenvalue weighted by Crippen LogP contribution is -2.38. The number of aryl methyl sites for hydroxylation is 1. The minimum atomic E-state index is -0.508. The van der Waals surface area contributed by atoms with Crippen LogP contribution in [0, 0.1) is 11.2 Å². The second-order valence-electron chi connectivity index (χ2n) is 6.84. The lowest BCUT2D eigenvalue weighted by atomic mass is 9.85. The van der Waals surface area contributed by atoms with Crippen molar-refractivity contribution in [3.8, 4) is 0 Å². The number of rotatable bonds is 2. The molecule has 0 aliphatic carbocycles. The summed E-state index contributed by atoms with van der Waals surface area (Å²) < 4.78 is 14.7. The zero-order chi connectivity index (χ0) is 17.6. The maximum Gasteiger partial charge on any atom is 0.253 e. The Morgan fingerprint density at radius 2 is 1.92 bits per heavy atom. The molecule has 2 aliphatic heterocycles. The van der Waals surface area contributed by atoms with Gasteiger partial charge in [0.2, 0.25) is 5.91 Å². The van der Waals surface area contributed by atoms with Crippen LogP contribution >= 0.6 is 0 Å². The van der Waals surface area contributed by atoms with E-state index in [-0.39, 0.29) is 17.6 Å². The van der Waals surface area contributed by atoms with Gasteiger partial charge in [0.15, 0.2) is 0 Å². The minimum Gasteiger partial charge on any atom is -0.338 e. The maximum absolute atomic E-state index is 13.0. The van der Waals surface area contributed by atoms with Crippen molar-refractivity contribution in [3.05, 3.63) is 48.0 Å². The average Bonchev–Trinajstić information content (AvgIpc) is 3.30. The number of anilines is 1. The van der Waals surface area contributed by atoms with Crippen LogP contribution in [0.15, 0.2) is 36.7 Å². The van der Waals surface area contributed by atoms with Crippen LogP contribution in [-0.2, 0) is 11.8 Å². The van der Waals surface area contributed by atoms with Gasteiger partial charge in [0.1, 0.15) is 5.82 Å². The van der Waals surface area contributed by atoms with Crippen LogP contribution in [0.4, 0.5) is 10.1 Å². The molecule has 25 heavy (non-hydrogen) atoms. The third-order valence-electron chi connectivity index (χ3n) is 5.25. The van der Waals surface area contributed by atoms with E-state index >= 15 is 0 Å². The summed E-state index contributed by atoms with van der Waals surface area (Å²) in [5.41, 5.74) is 0.742. The summed E-state index contributed by atoms with van der Waals surface area (Å²) in [6.07, 6.45) is 4.91. The van der Waals surface area contributed by atoms with Crippen molar-refractivity contribution < 1.29 is 14.0 Å². The number of likely N-dealkylation sites (tertiary alicyclic amines) is 1. The Hall–Kier alpha value is -2.70. The fraction of sp³-hybridized carbons (Fsp3) is 0.389. The number of carbonyl (C=O) groups is 2. The highest BCUT2D eigenvalue weighted by Gasteiger charge is 2.52. The number of halogens is 1. The molecule has 4 rings (SSSR count). The summed E-state index contributed by atoms with van der Waals surface area (Å²) in [5, 5.41) is 4.13. The number of hydrogen-bond acceptors (Lipinski definition) is 3. The van der Waals surface area contributed by atoms with Gasteiger partial charge in [-0.3, -0.25) is 14.3 Å². The summed E-state index contributed by atoms with van der Waals surface area (Å²) in [7, 11) is 1.82. The van der Waals surface area contributed by atoms with Crippen molar-refractivity contribution in [2.45, 2.75) is 12.8 Å². The molecule has 0 bridgehead atoms. The Morgan fingerprint density at radius 1 is 1.20 bits per heavy atom. The van der Waals surface area contributed by atoms with Gasteiger partial charge in [0.05, 0.1) is 17.3 Å². The Balaban J connectivity index is 1.51. The number of benzene rings is 1. The van der Waals surface area contributed by atoms with E-state index in [4.69, 9.17) is 0 Å². The van der Waals surface area contributed by atoms with E-state index < -0.39 is 5.41 Å². The van der Waals surface area contributed by atoms with Gasteiger partial charge in [-0.25, -0.2) is 4.39 Å². The average molecular weight is 342 g/mol. The number of aromatic nitrogens is 2. The lowest BCUT2D eigenvalue weighted by Gasteiger charge is -2.23. The zero-order valence-electron chi connectivity index (χ0n) is 14.0. The number of nitrogens with zero attached hydrogens (tertiary/aromatic N) is 4. The van der Waals surface area contributed by atoms with E-state index in [1.807, 2.05) is 13.2 Å². The Labute approximate surface area is 144 Å². The summed E-state index contributed by atoms with van der Waals surface area (Å²) in [6, 6.07) is 5.54. The van der Waals surface area contributed by atoms with Gasteiger partial charge in [-0.1, -0.05) is 0 Å².